The zero-order valence-corrected chi connectivity index (χ0v) is 26.9. The van der Waals surface area contributed by atoms with E-state index in [0.717, 1.165) is 0 Å². The fourth-order valence-electron chi connectivity index (χ4n) is 3.97. The van der Waals surface area contributed by atoms with Gasteiger partial charge in [-0.1, -0.05) is 41.5 Å². The van der Waals surface area contributed by atoms with Gasteiger partial charge in [0.2, 0.25) is 5.95 Å². The number of hydrogen-bond acceptors (Lipinski definition) is 10. The average Bonchev–Trinajstić information content (AvgIpc) is 3.31. The first-order valence-electron chi connectivity index (χ1n) is 13.3. The summed E-state index contributed by atoms with van der Waals surface area (Å²) >= 11 is 0. The maximum Gasteiger partial charge on any atom is 0.201 e. The van der Waals surface area contributed by atoms with E-state index in [2.05, 4.69) is 98.0 Å². The van der Waals surface area contributed by atoms with Crippen LogP contribution in [-0.2, 0) is 13.6 Å². The van der Waals surface area contributed by atoms with Crippen molar-refractivity contribution in [3.63, 3.8) is 0 Å². The molecule has 1 unspecified atom stereocenters. The van der Waals surface area contributed by atoms with Gasteiger partial charge in [-0.15, -0.1) is 0 Å². The fourth-order valence-corrected chi connectivity index (χ4v) is 6.57. The first-order chi connectivity index (χ1) is 17.9. The van der Waals surface area contributed by atoms with Crippen molar-refractivity contribution in [1.29, 1.82) is 0 Å². The van der Waals surface area contributed by atoms with Crippen LogP contribution in [0.3, 0.4) is 0 Å². The molecule has 1 saturated heterocycles. The number of aliphatic hydroxyl groups excluding tert-OH is 1. The number of fused-ring (bicyclic) bond motifs is 1. The number of rotatable bonds is 10. The summed E-state index contributed by atoms with van der Waals surface area (Å²) in [6, 6.07) is 0. The number of nitrogen functional groups attached to an aromatic ring is 1. The topological polar surface area (TPSA) is 178 Å². The van der Waals surface area contributed by atoms with E-state index >= 15 is 0 Å². The predicted octanol–water partition coefficient (Wildman–Crippen LogP) is 4.61. The third kappa shape index (κ3) is 6.46. The van der Waals surface area contributed by atoms with Crippen LogP contribution in [-0.4, -0.2) is 79.3 Å². The molecule has 13 nitrogen and oxygen atoms in total. The Hall–Kier alpha value is -2.11. The second-order valence-corrected chi connectivity index (χ2v) is 22.6. The zero-order chi connectivity index (χ0) is 29.4. The van der Waals surface area contributed by atoms with Crippen molar-refractivity contribution in [1.82, 2.24) is 24.8 Å². The molecule has 4 atom stereocenters. The molecule has 0 amide bonds. The lowest BCUT2D eigenvalue weighted by molar-refractivity contribution is -0.0299. The van der Waals surface area contributed by atoms with Crippen molar-refractivity contribution in [3.05, 3.63) is 16.8 Å². The van der Waals surface area contributed by atoms with E-state index in [9.17, 15) is 10.6 Å². The molecular weight excluding hydrogens is 534 g/mol. The van der Waals surface area contributed by atoms with Crippen molar-refractivity contribution < 1.29 is 18.7 Å². The Morgan fingerprint density at radius 1 is 1.10 bits per heavy atom. The third-order valence-electron chi connectivity index (χ3n) is 8.27. The van der Waals surface area contributed by atoms with E-state index < -0.39 is 41.2 Å². The minimum atomic E-state index is -2.37. The van der Waals surface area contributed by atoms with Crippen LogP contribution in [0.4, 0.5) is 11.8 Å². The lowest BCUT2D eigenvalue weighted by atomic mass is 10.1. The summed E-state index contributed by atoms with van der Waals surface area (Å²) in [7, 11) is -4.67. The van der Waals surface area contributed by atoms with Gasteiger partial charge < -0.3 is 29.7 Å². The van der Waals surface area contributed by atoms with Crippen LogP contribution in [0.1, 0.15) is 47.8 Å². The van der Waals surface area contributed by atoms with E-state index in [-0.39, 0.29) is 28.4 Å². The van der Waals surface area contributed by atoms with Crippen molar-refractivity contribution in [2.24, 2.45) is 5.11 Å². The lowest BCUT2D eigenvalue weighted by Gasteiger charge is -2.44. The molecule has 0 aromatic carbocycles. The summed E-state index contributed by atoms with van der Waals surface area (Å²) in [4.78, 5) is 15.9. The number of imidazole rings is 1. The van der Waals surface area contributed by atoms with Crippen molar-refractivity contribution >= 4 is 39.6 Å². The van der Waals surface area contributed by atoms with Gasteiger partial charge in [-0.05, 0) is 46.9 Å². The number of nitrogens with one attached hydrogen (secondary N) is 1. The normalized spacial score (nSPS) is 22.8. The molecule has 0 saturated carbocycles. The monoisotopic (exact) mass is 579 g/mol. The third-order valence-corrected chi connectivity index (χ3v) is 17.2. The minimum absolute atomic E-state index is 0.00279. The second kappa shape index (κ2) is 11.4. The van der Waals surface area contributed by atoms with E-state index in [1.807, 2.05) is 0 Å². The first-order valence-corrected chi connectivity index (χ1v) is 19.1. The summed E-state index contributed by atoms with van der Waals surface area (Å²) in [6.07, 6.45) is -0.873. The van der Waals surface area contributed by atoms with Gasteiger partial charge in [0, 0.05) is 18.0 Å². The highest BCUT2D eigenvalue weighted by molar-refractivity contribution is 6.74. The second-order valence-electron chi connectivity index (χ2n) is 13.1. The van der Waals surface area contributed by atoms with Crippen LogP contribution < -0.4 is 11.1 Å². The smallest absolute Gasteiger partial charge is 0.201 e. The SMILES string of the molecule is CC(C)(C)[Si](C)(C)OC1[C@@H](O[Si](C)(C)C(C)(C)C)[C@@H](CNCCO)O[C@H]1n1c(N=[N+]=[N-])nc2c(N)ncnc21. The standard InChI is InChI=1S/C24H45N9O4Si2/c1-23(2,3)38(7,8)36-17-15(13-27-11-12-34)35-21(18(17)37-39(9,10)24(4,5)6)33-20-16(19(25)28-14-29-20)30-22(33)31-32-26/h14-15,17-18,21,27,34H,11-13H2,1-10H3,(H2,25,28,29)/t15-,17+,18?,21-/m1/s1. The number of nitrogens with zero attached hydrogens (tertiary/aromatic N) is 7. The van der Waals surface area contributed by atoms with Crippen molar-refractivity contribution in [3.8, 4) is 0 Å². The van der Waals surface area contributed by atoms with Gasteiger partial charge in [0.25, 0.3) is 0 Å². The van der Waals surface area contributed by atoms with E-state index in [1.54, 1.807) is 4.57 Å². The Bertz CT molecular complexity index is 1200. The number of anilines is 1. The van der Waals surface area contributed by atoms with Gasteiger partial charge in [0.05, 0.1) is 6.61 Å². The van der Waals surface area contributed by atoms with Crippen molar-refractivity contribution in [2.45, 2.75) is 102 Å². The molecular formula is C24H45N9O4Si2. The molecule has 0 spiro atoms. The maximum absolute atomic E-state index is 9.40. The van der Waals surface area contributed by atoms with Gasteiger partial charge in [-0.2, -0.15) is 0 Å². The summed E-state index contributed by atoms with van der Waals surface area (Å²) in [5.74, 6) is 0.229. The molecule has 3 rings (SSSR count). The Kier molecular flexibility index (Phi) is 9.19. The highest BCUT2D eigenvalue weighted by Gasteiger charge is 2.54. The number of aromatic nitrogens is 4. The van der Waals surface area contributed by atoms with Crippen LogP contribution in [0, 0.1) is 0 Å². The fraction of sp³-hybridized carbons (Fsp3) is 0.792. The molecule has 4 N–H and O–H groups in total. The van der Waals surface area contributed by atoms with Crippen LogP contribution in [0.25, 0.3) is 21.6 Å². The molecule has 0 bridgehead atoms. The van der Waals surface area contributed by atoms with Crippen LogP contribution in [0.15, 0.2) is 11.4 Å². The minimum Gasteiger partial charge on any atom is -0.408 e. The van der Waals surface area contributed by atoms with Gasteiger partial charge in [-0.3, -0.25) is 4.57 Å². The predicted molar refractivity (Wildman–Crippen MR) is 157 cm³/mol. The van der Waals surface area contributed by atoms with Crippen LogP contribution >= 0.6 is 0 Å². The number of aliphatic hydroxyl groups is 1. The molecule has 39 heavy (non-hydrogen) atoms. The molecule has 15 heteroatoms. The highest BCUT2D eigenvalue weighted by atomic mass is 28.4. The first kappa shape index (κ1) is 31.4. The number of azide groups is 1. The Labute approximate surface area is 232 Å². The molecule has 218 valence electrons. The number of nitrogens with two attached hydrogens (primary N) is 1. The van der Waals surface area contributed by atoms with Crippen LogP contribution in [0.2, 0.25) is 36.3 Å². The van der Waals surface area contributed by atoms with Crippen molar-refractivity contribution in [2.75, 3.05) is 25.4 Å². The summed E-state index contributed by atoms with van der Waals surface area (Å²) < 4.78 is 22.5. The molecule has 1 fully saturated rings. The Morgan fingerprint density at radius 2 is 1.69 bits per heavy atom. The van der Waals surface area contributed by atoms with Gasteiger partial charge in [0.15, 0.2) is 39.8 Å². The van der Waals surface area contributed by atoms with Gasteiger partial charge in [0.1, 0.15) is 24.6 Å². The summed E-state index contributed by atoms with van der Waals surface area (Å²) in [6.45, 7) is 22.7. The molecule has 2 aromatic heterocycles. The average molecular weight is 580 g/mol. The number of hydrogen-bond donors (Lipinski definition) is 3. The highest BCUT2D eigenvalue weighted by Crippen LogP contribution is 2.47. The summed E-state index contributed by atoms with van der Waals surface area (Å²) in [5.41, 5.74) is 16.2. The maximum atomic E-state index is 9.40. The van der Waals surface area contributed by atoms with E-state index in [4.69, 9.17) is 19.3 Å². The number of ether oxygens (including phenoxy) is 1. The molecule has 3 heterocycles. The molecule has 2 aromatic rings. The van der Waals surface area contributed by atoms with E-state index in [1.165, 1.54) is 6.33 Å². The lowest BCUT2D eigenvalue weighted by Crippen LogP contribution is -2.54. The zero-order valence-electron chi connectivity index (χ0n) is 24.9. The largest absolute Gasteiger partial charge is 0.408 e. The van der Waals surface area contributed by atoms with Crippen LogP contribution in [0.5, 0.6) is 0 Å². The molecule has 0 radical (unpaired) electrons. The molecule has 0 aliphatic carbocycles. The molecule has 1 aliphatic heterocycles. The Morgan fingerprint density at radius 3 is 2.23 bits per heavy atom. The molecule has 1 aliphatic rings. The Balaban J connectivity index is 2.23. The van der Waals surface area contributed by atoms with Gasteiger partial charge in [-0.25, -0.2) is 15.0 Å². The van der Waals surface area contributed by atoms with Gasteiger partial charge >= 0.3 is 0 Å². The quantitative estimate of drug-likeness (QED) is 0.119. The van der Waals surface area contributed by atoms with E-state index in [0.29, 0.717) is 24.3 Å². The summed E-state index contributed by atoms with van der Waals surface area (Å²) in [5, 5.41) is 16.4.